The second-order valence-electron chi connectivity index (χ2n) is 3.74. The van der Waals surface area contributed by atoms with Crippen LogP contribution in [0.4, 0.5) is 0 Å². The Hall–Kier alpha value is -2.49. The largest absolute Gasteiger partial charge is 0.872 e. The minimum atomic E-state index is -1.23. The van der Waals surface area contributed by atoms with Crippen molar-refractivity contribution in [3.8, 4) is 11.5 Å². The minimum Gasteiger partial charge on any atom is -0.872 e. The van der Waals surface area contributed by atoms with Crippen LogP contribution in [-0.2, 0) is 6.61 Å². The van der Waals surface area contributed by atoms with E-state index >= 15 is 0 Å². The molecule has 2 rings (SSSR count). The summed E-state index contributed by atoms with van der Waals surface area (Å²) in [6.45, 7) is 0.340. The predicted octanol–water partition coefficient (Wildman–Crippen LogP) is 2.04. The lowest BCUT2D eigenvalue weighted by atomic mass is 10.2. The minimum absolute atomic E-state index is 0.248. The molecule has 0 aliphatic heterocycles. The number of hydrogen-bond acceptors (Lipinski definition) is 3. The first-order valence-electron chi connectivity index (χ1n) is 5.38. The van der Waals surface area contributed by atoms with E-state index in [1.54, 1.807) is 0 Å². The third-order valence-electron chi connectivity index (χ3n) is 2.43. The quantitative estimate of drug-likeness (QED) is 0.892. The van der Waals surface area contributed by atoms with E-state index in [9.17, 15) is 9.90 Å². The van der Waals surface area contributed by atoms with Crippen LogP contribution in [-0.4, -0.2) is 11.1 Å². The normalized spacial score (nSPS) is 10.0. The van der Waals surface area contributed by atoms with Gasteiger partial charge in [-0.2, -0.15) is 0 Å². The third-order valence-corrected chi connectivity index (χ3v) is 2.43. The highest BCUT2D eigenvalue weighted by Crippen LogP contribution is 2.22. The Labute approximate surface area is 104 Å². The Kier molecular flexibility index (Phi) is 3.48. The molecule has 4 nitrogen and oxygen atoms in total. The van der Waals surface area contributed by atoms with Crippen molar-refractivity contribution in [2.24, 2.45) is 0 Å². The number of carboxylic acids is 1. The summed E-state index contributed by atoms with van der Waals surface area (Å²) in [5.41, 5.74) is 0.731. The van der Waals surface area contributed by atoms with Crippen molar-refractivity contribution in [1.82, 2.24) is 0 Å². The van der Waals surface area contributed by atoms with E-state index in [-0.39, 0.29) is 5.56 Å². The maximum absolute atomic E-state index is 11.4. The first-order valence-corrected chi connectivity index (χ1v) is 5.38. The van der Waals surface area contributed by atoms with Crippen LogP contribution in [0.15, 0.2) is 48.5 Å². The highest BCUT2D eigenvalue weighted by atomic mass is 16.5. The SMILES string of the molecule is O=C(O)c1ccc(OCc2ccccc2)cc1[O-]. The van der Waals surface area contributed by atoms with Crippen LogP contribution in [0.3, 0.4) is 0 Å². The molecular weight excluding hydrogens is 232 g/mol. The molecule has 0 saturated heterocycles. The fourth-order valence-corrected chi connectivity index (χ4v) is 1.51. The van der Waals surface area contributed by atoms with Crippen LogP contribution in [0.1, 0.15) is 15.9 Å². The lowest BCUT2D eigenvalue weighted by Gasteiger charge is -2.13. The average Bonchev–Trinajstić information content (AvgIpc) is 2.37. The summed E-state index contributed by atoms with van der Waals surface area (Å²) < 4.78 is 5.41. The van der Waals surface area contributed by atoms with Gasteiger partial charge in [-0.3, -0.25) is 0 Å². The molecule has 0 aromatic heterocycles. The summed E-state index contributed by atoms with van der Waals surface area (Å²) in [7, 11) is 0. The molecule has 0 saturated carbocycles. The van der Waals surface area contributed by atoms with Crippen LogP contribution >= 0.6 is 0 Å². The van der Waals surface area contributed by atoms with Gasteiger partial charge in [0.25, 0.3) is 0 Å². The molecular formula is C14H11O4-. The molecule has 18 heavy (non-hydrogen) atoms. The Morgan fingerprint density at radius 2 is 1.89 bits per heavy atom. The molecule has 0 atom stereocenters. The van der Waals surface area contributed by atoms with E-state index in [2.05, 4.69) is 0 Å². The molecule has 0 bridgehead atoms. The molecule has 2 aromatic rings. The van der Waals surface area contributed by atoms with Gasteiger partial charge in [-0.1, -0.05) is 36.1 Å². The first kappa shape index (κ1) is 12.0. The predicted molar refractivity (Wildman–Crippen MR) is 63.6 cm³/mol. The molecule has 0 heterocycles. The van der Waals surface area contributed by atoms with Crippen molar-refractivity contribution in [3.63, 3.8) is 0 Å². The number of ether oxygens (including phenoxy) is 1. The van der Waals surface area contributed by atoms with Gasteiger partial charge >= 0.3 is 5.97 Å². The summed E-state index contributed by atoms with van der Waals surface area (Å²) >= 11 is 0. The molecule has 0 aliphatic carbocycles. The lowest BCUT2D eigenvalue weighted by Crippen LogP contribution is -2.04. The van der Waals surface area contributed by atoms with E-state index in [1.807, 2.05) is 30.3 Å². The summed E-state index contributed by atoms with van der Waals surface area (Å²) in [5.74, 6) is -1.41. The van der Waals surface area contributed by atoms with Gasteiger partial charge in [0.1, 0.15) is 12.4 Å². The van der Waals surface area contributed by atoms with E-state index in [4.69, 9.17) is 9.84 Å². The van der Waals surface area contributed by atoms with Gasteiger partial charge in [-0.05, 0) is 23.8 Å². The number of carbonyl (C=O) groups is 1. The van der Waals surface area contributed by atoms with Crippen molar-refractivity contribution >= 4 is 5.97 Å². The molecule has 0 amide bonds. The van der Waals surface area contributed by atoms with Crippen molar-refractivity contribution in [3.05, 3.63) is 59.7 Å². The Balaban J connectivity index is 2.07. The summed E-state index contributed by atoms with van der Waals surface area (Å²) in [4.78, 5) is 10.7. The number of aromatic carboxylic acids is 1. The molecule has 0 fully saturated rings. The monoisotopic (exact) mass is 243 g/mol. The van der Waals surface area contributed by atoms with Crippen LogP contribution in [0.2, 0.25) is 0 Å². The maximum atomic E-state index is 11.4. The fourth-order valence-electron chi connectivity index (χ4n) is 1.51. The molecule has 0 spiro atoms. The molecule has 0 unspecified atom stereocenters. The fraction of sp³-hybridized carbons (Fsp3) is 0.0714. The van der Waals surface area contributed by atoms with E-state index in [1.165, 1.54) is 18.2 Å². The molecule has 92 valence electrons. The second kappa shape index (κ2) is 5.23. The Morgan fingerprint density at radius 1 is 1.17 bits per heavy atom. The van der Waals surface area contributed by atoms with Gasteiger partial charge < -0.3 is 14.9 Å². The number of benzene rings is 2. The van der Waals surface area contributed by atoms with Crippen molar-refractivity contribution < 1.29 is 19.7 Å². The van der Waals surface area contributed by atoms with E-state index < -0.39 is 11.7 Å². The highest BCUT2D eigenvalue weighted by molar-refractivity contribution is 5.90. The standard InChI is InChI=1S/C14H12O4/c15-13-8-11(6-7-12(13)14(16)17)18-9-10-4-2-1-3-5-10/h1-8,15H,9H2,(H,16,17)/p-1. The van der Waals surface area contributed by atoms with Gasteiger partial charge in [0.15, 0.2) is 0 Å². The van der Waals surface area contributed by atoms with E-state index in [0.717, 1.165) is 5.56 Å². The molecule has 1 N–H and O–H groups in total. The zero-order valence-electron chi connectivity index (χ0n) is 9.50. The molecule has 4 heteroatoms. The van der Waals surface area contributed by atoms with Crippen LogP contribution in [0, 0.1) is 0 Å². The van der Waals surface area contributed by atoms with Crippen molar-refractivity contribution in [2.45, 2.75) is 6.61 Å². The Morgan fingerprint density at radius 3 is 2.50 bits per heavy atom. The number of carboxylic acid groups (broad SMARTS) is 1. The molecule has 0 aliphatic rings. The van der Waals surface area contributed by atoms with Crippen LogP contribution in [0.5, 0.6) is 11.5 Å². The van der Waals surface area contributed by atoms with Crippen LogP contribution in [0.25, 0.3) is 0 Å². The highest BCUT2D eigenvalue weighted by Gasteiger charge is 2.04. The Bertz CT molecular complexity index is 549. The van der Waals surface area contributed by atoms with Gasteiger partial charge in [-0.15, -0.1) is 0 Å². The number of rotatable bonds is 4. The van der Waals surface area contributed by atoms with Crippen LogP contribution < -0.4 is 9.84 Å². The summed E-state index contributed by atoms with van der Waals surface area (Å²) in [6.07, 6.45) is 0. The average molecular weight is 243 g/mol. The van der Waals surface area contributed by atoms with E-state index in [0.29, 0.717) is 12.4 Å². The zero-order valence-corrected chi connectivity index (χ0v) is 9.50. The van der Waals surface area contributed by atoms with Crippen molar-refractivity contribution in [1.29, 1.82) is 0 Å². The topological polar surface area (TPSA) is 69.6 Å². The molecule has 2 aromatic carbocycles. The second-order valence-corrected chi connectivity index (χ2v) is 3.74. The molecule has 0 radical (unpaired) electrons. The smallest absolute Gasteiger partial charge is 0.335 e. The van der Waals surface area contributed by atoms with Gasteiger partial charge in [0.2, 0.25) is 0 Å². The maximum Gasteiger partial charge on any atom is 0.335 e. The van der Waals surface area contributed by atoms with Gasteiger partial charge in [0, 0.05) is 0 Å². The zero-order chi connectivity index (χ0) is 13.0. The van der Waals surface area contributed by atoms with Crippen molar-refractivity contribution in [2.75, 3.05) is 0 Å². The van der Waals surface area contributed by atoms with Gasteiger partial charge in [0.05, 0.1) is 5.56 Å². The first-order chi connectivity index (χ1) is 8.66. The summed E-state index contributed by atoms with van der Waals surface area (Å²) in [5, 5.41) is 20.2. The third kappa shape index (κ3) is 2.79. The number of hydrogen-bond donors (Lipinski definition) is 1. The summed E-state index contributed by atoms with van der Waals surface area (Å²) in [6, 6.07) is 13.4. The van der Waals surface area contributed by atoms with Gasteiger partial charge in [-0.25, -0.2) is 4.79 Å². The lowest BCUT2D eigenvalue weighted by molar-refractivity contribution is -0.268.